The molecule has 0 bridgehead atoms. The van der Waals surface area contributed by atoms with Gasteiger partial charge in [-0.1, -0.05) is 6.07 Å². The fourth-order valence-corrected chi connectivity index (χ4v) is 2.72. The number of aromatic nitrogens is 3. The highest BCUT2D eigenvalue weighted by Crippen LogP contribution is 2.33. The van der Waals surface area contributed by atoms with Crippen molar-refractivity contribution in [3.8, 4) is 17.0 Å². The zero-order chi connectivity index (χ0) is 20.3. The smallest absolute Gasteiger partial charge is 0.211 e. The van der Waals surface area contributed by atoms with Gasteiger partial charge in [-0.2, -0.15) is 0 Å². The molecule has 1 atom stereocenters. The highest BCUT2D eigenvalue weighted by molar-refractivity contribution is 5.98. The molecule has 28 heavy (non-hydrogen) atoms. The van der Waals surface area contributed by atoms with Crippen molar-refractivity contribution in [2.75, 3.05) is 12.4 Å². The fourth-order valence-electron chi connectivity index (χ4n) is 2.72. The Morgan fingerprint density at radius 2 is 1.93 bits per heavy atom. The maximum absolute atomic E-state index is 7.95. The van der Waals surface area contributed by atoms with E-state index in [0.717, 1.165) is 22.2 Å². The summed E-state index contributed by atoms with van der Waals surface area (Å²) in [5.74, 6) is 1.04. The van der Waals surface area contributed by atoms with E-state index in [2.05, 4.69) is 20.3 Å². The number of ether oxygens (including phenoxy) is 2. The van der Waals surface area contributed by atoms with E-state index in [-0.39, 0.29) is 11.8 Å². The van der Waals surface area contributed by atoms with Gasteiger partial charge in [0.05, 0.1) is 12.8 Å². The molecule has 0 amide bonds. The minimum Gasteiger partial charge on any atom is -0.494 e. The van der Waals surface area contributed by atoms with Gasteiger partial charge in [0.15, 0.2) is 5.90 Å². The summed E-state index contributed by atoms with van der Waals surface area (Å²) in [4.78, 5) is 13.2. The summed E-state index contributed by atoms with van der Waals surface area (Å²) in [5.41, 5.74) is 3.41. The molecule has 8 heteroatoms. The van der Waals surface area contributed by atoms with Gasteiger partial charge in [0.25, 0.3) is 0 Å². The molecule has 0 unspecified atom stereocenters. The highest BCUT2D eigenvalue weighted by Gasteiger charge is 2.17. The molecular formula is C20H22N6O2. The molecule has 1 aromatic carbocycles. The molecule has 3 aromatic rings. The van der Waals surface area contributed by atoms with Gasteiger partial charge in [0.2, 0.25) is 5.90 Å². The molecule has 8 nitrogen and oxygen atoms in total. The number of anilines is 1. The third-order valence-electron chi connectivity index (χ3n) is 4.14. The van der Waals surface area contributed by atoms with Crippen LogP contribution in [0.15, 0.2) is 36.8 Å². The quantitative estimate of drug-likeness (QED) is 0.459. The zero-order valence-electron chi connectivity index (χ0n) is 16.2. The molecule has 0 spiro atoms. The first kappa shape index (κ1) is 19.2. The van der Waals surface area contributed by atoms with E-state index < -0.39 is 6.04 Å². The van der Waals surface area contributed by atoms with Crippen molar-refractivity contribution in [3.63, 3.8) is 0 Å². The predicted octanol–water partition coefficient (Wildman–Crippen LogP) is 3.80. The summed E-state index contributed by atoms with van der Waals surface area (Å²) < 4.78 is 10.6. The van der Waals surface area contributed by atoms with E-state index in [1.165, 1.54) is 13.3 Å². The van der Waals surface area contributed by atoms with Crippen LogP contribution in [0.1, 0.15) is 19.4 Å². The molecule has 0 aliphatic carbocycles. The molecule has 0 saturated carbocycles. The van der Waals surface area contributed by atoms with Crippen LogP contribution < -0.4 is 10.1 Å². The van der Waals surface area contributed by atoms with E-state index >= 15 is 0 Å². The second-order valence-corrected chi connectivity index (χ2v) is 6.41. The maximum Gasteiger partial charge on any atom is 0.211 e. The molecule has 3 N–H and O–H groups in total. The van der Waals surface area contributed by atoms with Crippen molar-refractivity contribution < 1.29 is 9.47 Å². The normalized spacial score (nSPS) is 11.7. The Labute approximate surface area is 163 Å². The van der Waals surface area contributed by atoms with Crippen molar-refractivity contribution in [2.45, 2.75) is 26.8 Å². The van der Waals surface area contributed by atoms with Crippen LogP contribution >= 0.6 is 0 Å². The molecule has 0 radical (unpaired) electrons. The Morgan fingerprint density at radius 1 is 1.14 bits per heavy atom. The van der Waals surface area contributed by atoms with Crippen molar-refractivity contribution in [1.29, 1.82) is 10.8 Å². The van der Waals surface area contributed by atoms with Crippen LogP contribution in [0.5, 0.6) is 5.75 Å². The Morgan fingerprint density at radius 3 is 2.57 bits per heavy atom. The summed E-state index contributed by atoms with van der Waals surface area (Å²) in [6.07, 6.45) is 3.25. The van der Waals surface area contributed by atoms with Gasteiger partial charge in [0.1, 0.15) is 29.5 Å². The lowest BCUT2D eigenvalue weighted by Gasteiger charge is -2.17. The first-order valence-electron chi connectivity index (χ1n) is 8.72. The summed E-state index contributed by atoms with van der Waals surface area (Å²) in [5, 5.41) is 19.2. The topological polar surface area (TPSA) is 117 Å². The molecule has 2 heterocycles. The third kappa shape index (κ3) is 4.06. The number of methoxy groups -OCH3 is 1. The molecular weight excluding hydrogens is 356 g/mol. The van der Waals surface area contributed by atoms with Crippen molar-refractivity contribution in [2.24, 2.45) is 0 Å². The minimum absolute atomic E-state index is 0.0411. The molecule has 0 aliphatic heterocycles. The van der Waals surface area contributed by atoms with Crippen LogP contribution in [0.4, 0.5) is 5.82 Å². The fraction of sp³-hybridized carbons (Fsp3) is 0.250. The number of pyridine rings is 1. The molecule has 0 aliphatic rings. The number of nitrogens with one attached hydrogen (secondary N) is 3. The number of aryl methyl sites for hydroxylation is 1. The summed E-state index contributed by atoms with van der Waals surface area (Å²) >= 11 is 0. The van der Waals surface area contributed by atoms with Crippen LogP contribution in [-0.2, 0) is 4.74 Å². The van der Waals surface area contributed by atoms with Gasteiger partial charge in [-0.25, -0.2) is 9.97 Å². The predicted molar refractivity (Wildman–Crippen MR) is 109 cm³/mol. The van der Waals surface area contributed by atoms with Crippen molar-refractivity contribution in [3.05, 3.63) is 42.4 Å². The van der Waals surface area contributed by atoms with Crippen LogP contribution in [0.2, 0.25) is 0 Å². The summed E-state index contributed by atoms with van der Waals surface area (Å²) in [6.45, 7) is 5.23. The lowest BCUT2D eigenvalue weighted by molar-refractivity contribution is 0.419. The van der Waals surface area contributed by atoms with Gasteiger partial charge in [-0.15, -0.1) is 0 Å². The monoisotopic (exact) mass is 378 g/mol. The SMILES string of the molecule is COc1cc(-c2ccc(C)cn2)cc2c(N[C@H](C)C(=N)OC(C)=N)ncnc12. The van der Waals surface area contributed by atoms with Gasteiger partial charge < -0.3 is 14.8 Å². The molecule has 144 valence electrons. The lowest BCUT2D eigenvalue weighted by atomic mass is 10.1. The largest absolute Gasteiger partial charge is 0.494 e. The second kappa shape index (κ2) is 7.99. The molecule has 0 fully saturated rings. The van der Waals surface area contributed by atoms with Gasteiger partial charge in [0, 0.05) is 24.1 Å². The first-order valence-corrected chi connectivity index (χ1v) is 8.72. The number of nitrogens with zero attached hydrogens (tertiary/aromatic N) is 3. The van der Waals surface area contributed by atoms with E-state index in [1.54, 1.807) is 14.0 Å². The number of hydrogen-bond acceptors (Lipinski definition) is 8. The number of fused-ring (bicyclic) bond motifs is 1. The van der Waals surface area contributed by atoms with Crippen LogP contribution in [0.3, 0.4) is 0 Å². The Kier molecular flexibility index (Phi) is 5.49. The van der Waals surface area contributed by atoms with Gasteiger partial charge in [-0.3, -0.25) is 15.8 Å². The summed E-state index contributed by atoms with van der Waals surface area (Å²) in [7, 11) is 1.59. The average molecular weight is 378 g/mol. The Balaban J connectivity index is 2.06. The molecule has 3 rings (SSSR count). The van der Waals surface area contributed by atoms with Crippen LogP contribution in [-0.4, -0.2) is 39.9 Å². The summed E-state index contributed by atoms with van der Waals surface area (Å²) in [6, 6.07) is 7.30. The van der Waals surface area contributed by atoms with Crippen molar-refractivity contribution in [1.82, 2.24) is 15.0 Å². The maximum atomic E-state index is 7.95. The Bertz CT molecular complexity index is 1030. The van der Waals surface area contributed by atoms with Gasteiger partial charge >= 0.3 is 0 Å². The lowest BCUT2D eigenvalue weighted by Crippen LogP contribution is -2.29. The first-order chi connectivity index (χ1) is 13.4. The van der Waals surface area contributed by atoms with Crippen LogP contribution in [0.25, 0.3) is 22.2 Å². The third-order valence-corrected chi connectivity index (χ3v) is 4.14. The number of hydrogen-bond donors (Lipinski definition) is 3. The molecule has 2 aromatic heterocycles. The van der Waals surface area contributed by atoms with Gasteiger partial charge in [-0.05, 0) is 37.6 Å². The van der Waals surface area contributed by atoms with E-state index in [4.69, 9.17) is 20.3 Å². The minimum atomic E-state index is -0.481. The second-order valence-electron chi connectivity index (χ2n) is 6.41. The Hall–Kier alpha value is -3.55. The number of rotatable bonds is 5. The van der Waals surface area contributed by atoms with E-state index in [9.17, 15) is 0 Å². The van der Waals surface area contributed by atoms with E-state index in [0.29, 0.717) is 17.1 Å². The molecule has 0 saturated heterocycles. The highest BCUT2D eigenvalue weighted by atomic mass is 16.5. The standard InChI is InChI=1S/C20H22N6O2/c1-11-5-6-16(23-9-11)14-7-15-18(17(8-14)27-4)24-10-25-20(15)26-12(2)19(22)28-13(3)21/h5-10,12,21-22H,1-4H3,(H,24,25,26)/t12-/m1/s1. The van der Waals surface area contributed by atoms with E-state index in [1.807, 2.05) is 37.4 Å². The average Bonchev–Trinajstić information content (AvgIpc) is 2.67. The van der Waals surface area contributed by atoms with Crippen LogP contribution in [0, 0.1) is 17.7 Å². The number of benzene rings is 1. The zero-order valence-corrected chi connectivity index (χ0v) is 16.2. The van der Waals surface area contributed by atoms with Crippen molar-refractivity contribution >= 4 is 28.5 Å².